The van der Waals surface area contributed by atoms with Crippen LogP contribution in [-0.2, 0) is 4.79 Å². The van der Waals surface area contributed by atoms with Crippen molar-refractivity contribution in [1.82, 2.24) is 10.2 Å². The predicted octanol–water partition coefficient (Wildman–Crippen LogP) is 2.95. The predicted molar refractivity (Wildman–Crippen MR) is 81.5 cm³/mol. The van der Waals surface area contributed by atoms with Crippen LogP contribution < -0.4 is 5.32 Å². The zero-order valence-corrected chi connectivity index (χ0v) is 12.9. The van der Waals surface area contributed by atoms with Crippen LogP contribution >= 0.6 is 0 Å². The first-order valence-corrected chi connectivity index (χ1v) is 8.78. The van der Waals surface area contributed by atoms with Gasteiger partial charge in [-0.15, -0.1) is 0 Å². The van der Waals surface area contributed by atoms with E-state index in [1.807, 2.05) is 0 Å². The Labute approximate surface area is 123 Å². The summed E-state index contributed by atoms with van der Waals surface area (Å²) in [4.78, 5) is 15.2. The number of amides is 1. The van der Waals surface area contributed by atoms with Gasteiger partial charge in [-0.1, -0.05) is 39.0 Å². The van der Waals surface area contributed by atoms with Crippen molar-refractivity contribution in [3.63, 3.8) is 0 Å². The first-order chi connectivity index (χ1) is 9.75. The molecule has 1 amide bonds. The van der Waals surface area contributed by atoms with E-state index in [-0.39, 0.29) is 5.92 Å². The normalized spacial score (nSPS) is 33.0. The van der Waals surface area contributed by atoms with Crippen molar-refractivity contribution in [2.75, 3.05) is 13.1 Å². The van der Waals surface area contributed by atoms with E-state index in [4.69, 9.17) is 0 Å². The molecule has 1 saturated carbocycles. The lowest BCUT2D eigenvalue weighted by atomic mass is 9.83. The van der Waals surface area contributed by atoms with E-state index in [2.05, 4.69) is 17.1 Å². The third-order valence-electron chi connectivity index (χ3n) is 5.74. The van der Waals surface area contributed by atoms with Crippen molar-refractivity contribution >= 4 is 5.91 Å². The van der Waals surface area contributed by atoms with E-state index < -0.39 is 0 Å². The number of rotatable bonds is 3. The third kappa shape index (κ3) is 3.03. The standard InChI is InChI=1S/C17H30N2O/c1-13(11-14-5-3-2-4-6-14)17(20)19-15-7-8-16(19)12-18-10-9-15/h13-16,18H,2-12H2,1H3. The number of hydrogen-bond donors (Lipinski definition) is 1. The Hall–Kier alpha value is -0.570. The molecule has 1 N–H and O–H groups in total. The lowest BCUT2D eigenvalue weighted by Gasteiger charge is -2.32. The average Bonchev–Trinajstić information content (AvgIpc) is 2.72. The molecule has 2 bridgehead atoms. The molecule has 114 valence electrons. The zero-order chi connectivity index (χ0) is 13.9. The van der Waals surface area contributed by atoms with Gasteiger partial charge in [-0.2, -0.15) is 0 Å². The molecule has 0 aromatic rings. The number of hydrogen-bond acceptors (Lipinski definition) is 2. The summed E-state index contributed by atoms with van der Waals surface area (Å²) < 4.78 is 0. The van der Waals surface area contributed by atoms with E-state index in [0.29, 0.717) is 18.0 Å². The quantitative estimate of drug-likeness (QED) is 0.861. The first kappa shape index (κ1) is 14.4. The van der Waals surface area contributed by atoms with E-state index in [9.17, 15) is 4.79 Å². The first-order valence-electron chi connectivity index (χ1n) is 8.78. The number of nitrogens with zero attached hydrogens (tertiary/aromatic N) is 1. The molecule has 2 aliphatic heterocycles. The van der Waals surface area contributed by atoms with Gasteiger partial charge in [0, 0.05) is 24.5 Å². The number of nitrogens with one attached hydrogen (secondary N) is 1. The van der Waals surface area contributed by atoms with Crippen LogP contribution in [0.4, 0.5) is 0 Å². The van der Waals surface area contributed by atoms with Crippen molar-refractivity contribution < 1.29 is 4.79 Å². The summed E-state index contributed by atoms with van der Waals surface area (Å²) in [6.45, 7) is 4.27. The summed E-state index contributed by atoms with van der Waals surface area (Å²) in [5.41, 5.74) is 0. The zero-order valence-electron chi connectivity index (χ0n) is 12.9. The summed E-state index contributed by atoms with van der Waals surface area (Å²) in [7, 11) is 0. The molecule has 1 aliphatic carbocycles. The topological polar surface area (TPSA) is 32.3 Å². The SMILES string of the molecule is CC(CC1CCCCC1)C(=O)N1C2CCNCC1CC2. The van der Waals surface area contributed by atoms with Crippen molar-refractivity contribution in [2.24, 2.45) is 11.8 Å². The lowest BCUT2D eigenvalue weighted by Crippen LogP contribution is -2.45. The van der Waals surface area contributed by atoms with Crippen LogP contribution in [0.1, 0.15) is 64.7 Å². The molecule has 3 unspecified atom stereocenters. The molecule has 0 aromatic carbocycles. The molecule has 3 atom stereocenters. The van der Waals surface area contributed by atoms with Gasteiger partial charge >= 0.3 is 0 Å². The fraction of sp³-hybridized carbons (Fsp3) is 0.941. The fourth-order valence-electron chi connectivity index (χ4n) is 4.62. The summed E-state index contributed by atoms with van der Waals surface area (Å²) in [5.74, 6) is 1.50. The van der Waals surface area contributed by atoms with Gasteiger partial charge in [-0.3, -0.25) is 4.79 Å². The van der Waals surface area contributed by atoms with Crippen LogP contribution in [0.25, 0.3) is 0 Å². The Morgan fingerprint density at radius 1 is 1.10 bits per heavy atom. The molecule has 20 heavy (non-hydrogen) atoms. The van der Waals surface area contributed by atoms with Crippen LogP contribution in [0.2, 0.25) is 0 Å². The van der Waals surface area contributed by atoms with Crippen LogP contribution in [0.15, 0.2) is 0 Å². The molecule has 3 nitrogen and oxygen atoms in total. The van der Waals surface area contributed by atoms with Gasteiger partial charge in [0.25, 0.3) is 0 Å². The molecule has 0 radical (unpaired) electrons. The molecular weight excluding hydrogens is 248 g/mol. The van der Waals surface area contributed by atoms with Gasteiger partial charge < -0.3 is 10.2 Å². The highest BCUT2D eigenvalue weighted by molar-refractivity contribution is 5.79. The molecule has 0 aromatic heterocycles. The van der Waals surface area contributed by atoms with Gasteiger partial charge in [0.05, 0.1) is 0 Å². The lowest BCUT2D eigenvalue weighted by molar-refractivity contribution is -0.138. The van der Waals surface area contributed by atoms with Crippen LogP contribution in [0, 0.1) is 11.8 Å². The fourth-order valence-corrected chi connectivity index (χ4v) is 4.62. The van der Waals surface area contributed by atoms with Gasteiger partial charge in [0.1, 0.15) is 0 Å². The number of carbonyl (C=O) groups excluding carboxylic acids is 1. The second-order valence-electron chi connectivity index (χ2n) is 7.26. The van der Waals surface area contributed by atoms with Crippen LogP contribution in [-0.4, -0.2) is 36.0 Å². The maximum Gasteiger partial charge on any atom is 0.225 e. The van der Waals surface area contributed by atoms with Gasteiger partial charge in [-0.25, -0.2) is 0 Å². The van der Waals surface area contributed by atoms with Crippen molar-refractivity contribution in [3.8, 4) is 0 Å². The summed E-state index contributed by atoms with van der Waals surface area (Å²) in [5, 5.41) is 3.49. The van der Waals surface area contributed by atoms with E-state index in [1.54, 1.807) is 0 Å². The van der Waals surface area contributed by atoms with Gasteiger partial charge in [0.15, 0.2) is 0 Å². The molecule has 0 spiro atoms. The monoisotopic (exact) mass is 278 g/mol. The highest BCUT2D eigenvalue weighted by Gasteiger charge is 2.39. The highest BCUT2D eigenvalue weighted by Crippen LogP contribution is 2.33. The Balaban J connectivity index is 1.59. The minimum Gasteiger partial charge on any atom is -0.335 e. The third-order valence-corrected chi connectivity index (χ3v) is 5.74. The molecule has 3 rings (SSSR count). The van der Waals surface area contributed by atoms with E-state index >= 15 is 0 Å². The Morgan fingerprint density at radius 2 is 1.85 bits per heavy atom. The Bertz CT molecular complexity index is 324. The Kier molecular flexibility index (Phi) is 4.65. The largest absolute Gasteiger partial charge is 0.335 e. The number of carbonyl (C=O) groups is 1. The van der Waals surface area contributed by atoms with Crippen molar-refractivity contribution in [1.29, 1.82) is 0 Å². The van der Waals surface area contributed by atoms with Crippen molar-refractivity contribution in [3.05, 3.63) is 0 Å². The van der Waals surface area contributed by atoms with E-state index in [1.165, 1.54) is 44.9 Å². The number of fused-ring (bicyclic) bond motifs is 2. The molecule has 3 heteroatoms. The highest BCUT2D eigenvalue weighted by atomic mass is 16.2. The second kappa shape index (κ2) is 6.46. The minimum absolute atomic E-state index is 0.235. The van der Waals surface area contributed by atoms with Gasteiger partial charge in [-0.05, 0) is 38.1 Å². The smallest absolute Gasteiger partial charge is 0.225 e. The molecule has 3 fully saturated rings. The molecule has 3 aliphatic rings. The maximum atomic E-state index is 12.9. The van der Waals surface area contributed by atoms with Crippen LogP contribution in [0.3, 0.4) is 0 Å². The minimum atomic E-state index is 0.235. The molecule has 2 heterocycles. The Morgan fingerprint density at radius 3 is 2.65 bits per heavy atom. The van der Waals surface area contributed by atoms with Crippen LogP contribution in [0.5, 0.6) is 0 Å². The van der Waals surface area contributed by atoms with Crippen molar-refractivity contribution in [2.45, 2.75) is 76.8 Å². The van der Waals surface area contributed by atoms with E-state index in [0.717, 1.165) is 31.8 Å². The molecular formula is C17H30N2O. The summed E-state index contributed by atoms with van der Waals surface area (Å²) in [6.07, 6.45) is 11.6. The van der Waals surface area contributed by atoms with Gasteiger partial charge in [0.2, 0.25) is 5.91 Å². The summed E-state index contributed by atoms with van der Waals surface area (Å²) >= 11 is 0. The average molecular weight is 278 g/mol. The second-order valence-corrected chi connectivity index (χ2v) is 7.26. The maximum absolute atomic E-state index is 12.9. The molecule has 2 saturated heterocycles. The summed E-state index contributed by atoms with van der Waals surface area (Å²) in [6, 6.07) is 1.00.